The molecule has 1 N–H and O–H groups in total. The highest BCUT2D eigenvalue weighted by Gasteiger charge is 2.38. The maximum Gasteiger partial charge on any atom is 0.255 e. The zero-order chi connectivity index (χ0) is 15.9. The molecule has 0 aliphatic carbocycles. The highest BCUT2D eigenvalue weighted by atomic mass is 16.2. The third-order valence-corrected chi connectivity index (χ3v) is 4.04. The lowest BCUT2D eigenvalue weighted by Crippen LogP contribution is -2.52. The Balaban J connectivity index is 1.83. The molecule has 6 nitrogen and oxygen atoms in total. The topological polar surface area (TPSA) is 83.6 Å². The van der Waals surface area contributed by atoms with Crippen LogP contribution in [0.1, 0.15) is 41.3 Å². The average Bonchev–Trinajstić information content (AvgIpc) is 2.75. The molecule has 114 valence electrons. The third kappa shape index (κ3) is 2.52. The molecular formula is C16H16N2O4. The van der Waals surface area contributed by atoms with Crippen molar-refractivity contribution < 1.29 is 19.2 Å². The van der Waals surface area contributed by atoms with E-state index in [1.54, 1.807) is 12.1 Å². The Hall–Kier alpha value is -2.50. The van der Waals surface area contributed by atoms with E-state index in [9.17, 15) is 19.2 Å². The highest BCUT2D eigenvalue weighted by molar-refractivity contribution is 6.05. The van der Waals surface area contributed by atoms with Crippen molar-refractivity contribution in [3.05, 3.63) is 34.9 Å². The Bertz CT molecular complexity index is 695. The molecule has 0 saturated carbocycles. The number of hydrogen-bond donors (Lipinski definition) is 1. The van der Waals surface area contributed by atoms with Gasteiger partial charge in [0.15, 0.2) is 0 Å². The monoisotopic (exact) mass is 300 g/mol. The minimum atomic E-state index is -0.603. The molecule has 3 amide bonds. The SMILES string of the molecule is CC(=O)Cc1ccc2c(c1)CN(C1CCC(=O)NC1=O)C2=O. The number of nitrogens with zero attached hydrogens (tertiary/aromatic N) is 1. The standard InChI is InChI=1S/C16H16N2O4/c1-9(19)6-10-2-3-12-11(7-10)8-18(16(12)22)13-4-5-14(20)17-15(13)21/h2-3,7,13H,4-6,8H2,1H3,(H,17,20,21). The molecule has 22 heavy (non-hydrogen) atoms. The molecule has 0 radical (unpaired) electrons. The Morgan fingerprint density at radius 3 is 2.77 bits per heavy atom. The van der Waals surface area contributed by atoms with Gasteiger partial charge in [0.2, 0.25) is 11.8 Å². The zero-order valence-electron chi connectivity index (χ0n) is 12.2. The van der Waals surface area contributed by atoms with Crippen LogP contribution in [-0.4, -0.2) is 34.4 Å². The summed E-state index contributed by atoms with van der Waals surface area (Å²) in [4.78, 5) is 48.3. The van der Waals surface area contributed by atoms with Crippen LogP contribution in [0.15, 0.2) is 18.2 Å². The molecule has 3 rings (SSSR count). The van der Waals surface area contributed by atoms with Gasteiger partial charge in [-0.3, -0.25) is 24.5 Å². The number of Topliss-reactive ketones (excluding diaryl/α,β-unsaturated/α-hetero) is 1. The number of rotatable bonds is 3. The summed E-state index contributed by atoms with van der Waals surface area (Å²) in [6, 6.07) is 4.72. The first-order valence-corrected chi connectivity index (χ1v) is 7.21. The molecule has 1 fully saturated rings. The molecule has 0 bridgehead atoms. The second kappa shape index (κ2) is 5.36. The lowest BCUT2D eigenvalue weighted by molar-refractivity contribution is -0.137. The van der Waals surface area contributed by atoms with E-state index in [0.717, 1.165) is 11.1 Å². The first kappa shape index (κ1) is 14.4. The first-order valence-electron chi connectivity index (χ1n) is 7.21. The molecule has 2 aliphatic rings. The Kier molecular flexibility index (Phi) is 3.52. The predicted molar refractivity (Wildman–Crippen MR) is 76.9 cm³/mol. The minimum absolute atomic E-state index is 0.0614. The van der Waals surface area contributed by atoms with Gasteiger partial charge in [-0.1, -0.05) is 12.1 Å². The normalized spacial score (nSPS) is 20.9. The van der Waals surface area contributed by atoms with Crippen molar-refractivity contribution >= 4 is 23.5 Å². The number of carbonyl (C=O) groups is 4. The zero-order valence-corrected chi connectivity index (χ0v) is 12.2. The summed E-state index contributed by atoms with van der Waals surface area (Å²) < 4.78 is 0. The highest BCUT2D eigenvalue weighted by Crippen LogP contribution is 2.28. The number of nitrogens with one attached hydrogen (secondary N) is 1. The summed E-state index contributed by atoms with van der Waals surface area (Å²) in [6.07, 6.45) is 0.927. The van der Waals surface area contributed by atoms with E-state index in [1.807, 2.05) is 6.07 Å². The molecule has 1 aromatic rings. The maximum absolute atomic E-state index is 12.5. The number of hydrogen-bond acceptors (Lipinski definition) is 4. The van der Waals surface area contributed by atoms with Crippen LogP contribution in [0.25, 0.3) is 0 Å². The molecule has 2 aliphatic heterocycles. The number of carbonyl (C=O) groups excluding carboxylic acids is 4. The predicted octanol–water partition coefficient (Wildman–Crippen LogP) is 0.579. The van der Waals surface area contributed by atoms with Crippen molar-refractivity contribution in [1.29, 1.82) is 0 Å². The summed E-state index contributed by atoms with van der Waals surface area (Å²) in [5.74, 6) is -0.847. The molecule has 0 spiro atoms. The first-order chi connectivity index (χ1) is 10.5. The number of ketones is 1. The molecule has 2 heterocycles. The number of fused-ring (bicyclic) bond motifs is 1. The van der Waals surface area contributed by atoms with Crippen LogP contribution in [0.4, 0.5) is 0 Å². The third-order valence-electron chi connectivity index (χ3n) is 4.04. The lowest BCUT2D eigenvalue weighted by atomic mass is 10.0. The fourth-order valence-corrected chi connectivity index (χ4v) is 3.03. The fourth-order valence-electron chi connectivity index (χ4n) is 3.03. The van der Waals surface area contributed by atoms with Crippen LogP contribution >= 0.6 is 0 Å². The van der Waals surface area contributed by atoms with Crippen LogP contribution in [0, 0.1) is 0 Å². The Morgan fingerprint density at radius 2 is 2.09 bits per heavy atom. The lowest BCUT2D eigenvalue weighted by Gasteiger charge is -2.29. The molecule has 1 saturated heterocycles. The molecule has 1 unspecified atom stereocenters. The van der Waals surface area contributed by atoms with Crippen molar-refractivity contribution in [2.45, 2.75) is 38.8 Å². The number of amides is 3. The van der Waals surface area contributed by atoms with Gasteiger partial charge < -0.3 is 4.90 Å². The summed E-state index contributed by atoms with van der Waals surface area (Å²) in [5.41, 5.74) is 2.26. The summed E-state index contributed by atoms with van der Waals surface area (Å²) in [6.45, 7) is 1.86. The maximum atomic E-state index is 12.5. The molecule has 1 aromatic carbocycles. The number of piperidine rings is 1. The van der Waals surface area contributed by atoms with Gasteiger partial charge >= 0.3 is 0 Å². The second-order valence-corrected chi connectivity index (χ2v) is 5.77. The quantitative estimate of drug-likeness (QED) is 0.828. The number of benzene rings is 1. The van der Waals surface area contributed by atoms with E-state index in [4.69, 9.17) is 0 Å². The van der Waals surface area contributed by atoms with E-state index in [1.165, 1.54) is 11.8 Å². The summed E-state index contributed by atoms with van der Waals surface area (Å²) in [5, 5.41) is 2.27. The van der Waals surface area contributed by atoms with Gasteiger partial charge in [0.1, 0.15) is 11.8 Å². The molecule has 1 atom stereocenters. The van der Waals surface area contributed by atoms with E-state index in [-0.39, 0.29) is 24.0 Å². The fraction of sp³-hybridized carbons (Fsp3) is 0.375. The second-order valence-electron chi connectivity index (χ2n) is 5.77. The van der Waals surface area contributed by atoms with Gasteiger partial charge in [-0.05, 0) is 30.5 Å². The Labute approximate surface area is 127 Å². The van der Waals surface area contributed by atoms with Gasteiger partial charge in [0, 0.05) is 24.9 Å². The Morgan fingerprint density at radius 1 is 1.32 bits per heavy atom. The van der Waals surface area contributed by atoms with E-state index in [0.29, 0.717) is 24.9 Å². The van der Waals surface area contributed by atoms with Crippen molar-refractivity contribution in [1.82, 2.24) is 10.2 Å². The van der Waals surface area contributed by atoms with Crippen molar-refractivity contribution in [3.63, 3.8) is 0 Å². The van der Waals surface area contributed by atoms with E-state index >= 15 is 0 Å². The average molecular weight is 300 g/mol. The van der Waals surface area contributed by atoms with Gasteiger partial charge in [0.25, 0.3) is 5.91 Å². The van der Waals surface area contributed by atoms with Crippen molar-refractivity contribution in [2.24, 2.45) is 0 Å². The van der Waals surface area contributed by atoms with Crippen LogP contribution in [0.2, 0.25) is 0 Å². The largest absolute Gasteiger partial charge is 0.322 e. The van der Waals surface area contributed by atoms with Crippen LogP contribution in [0.5, 0.6) is 0 Å². The summed E-state index contributed by atoms with van der Waals surface area (Å²) >= 11 is 0. The van der Waals surface area contributed by atoms with Crippen LogP contribution in [0.3, 0.4) is 0 Å². The van der Waals surface area contributed by atoms with Gasteiger partial charge in [-0.25, -0.2) is 0 Å². The minimum Gasteiger partial charge on any atom is -0.322 e. The van der Waals surface area contributed by atoms with E-state index < -0.39 is 11.9 Å². The smallest absolute Gasteiger partial charge is 0.255 e. The molecular weight excluding hydrogens is 284 g/mol. The van der Waals surface area contributed by atoms with Crippen molar-refractivity contribution in [3.8, 4) is 0 Å². The van der Waals surface area contributed by atoms with Gasteiger partial charge in [0.05, 0.1) is 0 Å². The van der Waals surface area contributed by atoms with Crippen molar-refractivity contribution in [2.75, 3.05) is 0 Å². The number of imide groups is 1. The van der Waals surface area contributed by atoms with Crippen LogP contribution < -0.4 is 5.32 Å². The summed E-state index contributed by atoms with van der Waals surface area (Å²) in [7, 11) is 0. The van der Waals surface area contributed by atoms with Gasteiger partial charge in [-0.2, -0.15) is 0 Å². The van der Waals surface area contributed by atoms with Gasteiger partial charge in [-0.15, -0.1) is 0 Å². The molecule has 0 aromatic heterocycles. The molecule has 6 heteroatoms. The van der Waals surface area contributed by atoms with Crippen LogP contribution in [-0.2, 0) is 27.3 Å². The van der Waals surface area contributed by atoms with E-state index in [2.05, 4.69) is 5.32 Å².